The Kier molecular flexibility index (Phi) is 3.33. The summed E-state index contributed by atoms with van der Waals surface area (Å²) in [6.07, 6.45) is 6.57. The van der Waals surface area contributed by atoms with Crippen molar-refractivity contribution in [1.82, 2.24) is 15.0 Å². The zero-order valence-electron chi connectivity index (χ0n) is 8.96. The fourth-order valence-corrected chi connectivity index (χ4v) is 2.14. The van der Waals surface area contributed by atoms with Gasteiger partial charge < -0.3 is 9.84 Å². The average molecular weight is 211 g/mol. The van der Waals surface area contributed by atoms with Gasteiger partial charge in [-0.05, 0) is 25.7 Å². The highest BCUT2D eigenvalue weighted by molar-refractivity contribution is 4.91. The lowest BCUT2D eigenvalue weighted by Gasteiger charge is -2.27. The standard InChI is InChI=1S/C10H17N3O2/c1-15-10-4-2-3-9(5-10)13-6-8(7-14)11-12-13/h6,9-10,14H,2-5,7H2,1H3. The van der Waals surface area contributed by atoms with Crippen LogP contribution in [-0.4, -0.2) is 33.3 Å². The van der Waals surface area contributed by atoms with E-state index >= 15 is 0 Å². The number of nitrogens with zero attached hydrogens (tertiary/aromatic N) is 3. The summed E-state index contributed by atoms with van der Waals surface area (Å²) in [5, 5.41) is 16.8. The smallest absolute Gasteiger partial charge is 0.108 e. The van der Waals surface area contributed by atoms with E-state index in [1.54, 1.807) is 7.11 Å². The summed E-state index contributed by atoms with van der Waals surface area (Å²) in [5.74, 6) is 0. The molecule has 0 amide bonds. The van der Waals surface area contributed by atoms with E-state index in [9.17, 15) is 0 Å². The Morgan fingerprint density at radius 2 is 2.47 bits per heavy atom. The van der Waals surface area contributed by atoms with Gasteiger partial charge in [-0.2, -0.15) is 0 Å². The zero-order valence-corrected chi connectivity index (χ0v) is 8.96. The normalized spacial score (nSPS) is 26.8. The number of aliphatic hydroxyl groups excluding tert-OH is 1. The second kappa shape index (κ2) is 4.72. The molecule has 1 heterocycles. The third-order valence-corrected chi connectivity index (χ3v) is 3.03. The van der Waals surface area contributed by atoms with Crippen LogP contribution in [0.5, 0.6) is 0 Å². The zero-order chi connectivity index (χ0) is 10.7. The van der Waals surface area contributed by atoms with Crippen molar-refractivity contribution in [2.45, 2.75) is 44.4 Å². The molecule has 0 spiro atoms. The van der Waals surface area contributed by atoms with E-state index < -0.39 is 0 Å². The predicted octanol–water partition coefficient (Wildman–Crippen LogP) is 0.901. The molecule has 1 N–H and O–H groups in total. The van der Waals surface area contributed by atoms with Gasteiger partial charge >= 0.3 is 0 Å². The minimum Gasteiger partial charge on any atom is -0.390 e. The van der Waals surface area contributed by atoms with Gasteiger partial charge in [-0.3, -0.25) is 0 Å². The first kappa shape index (κ1) is 10.6. The number of ether oxygens (including phenoxy) is 1. The summed E-state index contributed by atoms with van der Waals surface area (Å²) in [5.41, 5.74) is 0.634. The molecule has 1 aromatic heterocycles. The Balaban J connectivity index is 2.03. The first-order valence-electron chi connectivity index (χ1n) is 5.38. The van der Waals surface area contributed by atoms with Crippen LogP contribution >= 0.6 is 0 Å². The molecule has 1 fully saturated rings. The number of methoxy groups -OCH3 is 1. The topological polar surface area (TPSA) is 60.2 Å². The maximum absolute atomic E-state index is 8.91. The van der Waals surface area contributed by atoms with Crippen molar-refractivity contribution in [3.63, 3.8) is 0 Å². The van der Waals surface area contributed by atoms with Crippen LogP contribution in [0.15, 0.2) is 6.20 Å². The summed E-state index contributed by atoms with van der Waals surface area (Å²) in [6, 6.07) is 0.372. The van der Waals surface area contributed by atoms with Gasteiger partial charge in [0.05, 0.1) is 24.9 Å². The SMILES string of the molecule is COC1CCCC(n2cc(CO)nn2)C1. The van der Waals surface area contributed by atoms with Crippen LogP contribution in [0.3, 0.4) is 0 Å². The second-order valence-corrected chi connectivity index (χ2v) is 4.03. The summed E-state index contributed by atoms with van der Waals surface area (Å²) in [4.78, 5) is 0. The largest absolute Gasteiger partial charge is 0.390 e. The molecule has 2 unspecified atom stereocenters. The highest BCUT2D eigenvalue weighted by Crippen LogP contribution is 2.29. The number of aliphatic hydroxyl groups is 1. The Morgan fingerprint density at radius 1 is 1.60 bits per heavy atom. The van der Waals surface area contributed by atoms with E-state index in [1.807, 2.05) is 10.9 Å². The minimum atomic E-state index is -0.0412. The molecule has 15 heavy (non-hydrogen) atoms. The highest BCUT2D eigenvalue weighted by Gasteiger charge is 2.23. The summed E-state index contributed by atoms with van der Waals surface area (Å²) >= 11 is 0. The van der Waals surface area contributed by atoms with Crippen LogP contribution in [-0.2, 0) is 11.3 Å². The number of hydrogen-bond acceptors (Lipinski definition) is 4. The maximum Gasteiger partial charge on any atom is 0.108 e. The maximum atomic E-state index is 8.91. The molecule has 5 heteroatoms. The molecule has 1 aromatic rings. The first-order chi connectivity index (χ1) is 7.33. The van der Waals surface area contributed by atoms with Gasteiger partial charge in [0.15, 0.2) is 0 Å². The van der Waals surface area contributed by atoms with Crippen LogP contribution in [0.4, 0.5) is 0 Å². The predicted molar refractivity (Wildman–Crippen MR) is 54.2 cm³/mol. The Hall–Kier alpha value is -0.940. The first-order valence-corrected chi connectivity index (χ1v) is 5.38. The Morgan fingerprint density at radius 3 is 3.13 bits per heavy atom. The number of aromatic nitrogens is 3. The van der Waals surface area contributed by atoms with Crippen LogP contribution in [0, 0.1) is 0 Å². The van der Waals surface area contributed by atoms with Crippen LogP contribution in [0.1, 0.15) is 37.4 Å². The summed E-state index contributed by atoms with van der Waals surface area (Å²) < 4.78 is 7.22. The van der Waals surface area contributed by atoms with E-state index in [1.165, 1.54) is 0 Å². The Bertz CT molecular complexity index is 313. The molecule has 2 atom stereocenters. The van der Waals surface area contributed by atoms with E-state index in [0.717, 1.165) is 25.7 Å². The molecule has 0 bridgehead atoms. The third kappa shape index (κ3) is 2.35. The lowest BCUT2D eigenvalue weighted by atomic mass is 9.93. The Labute approximate surface area is 89.0 Å². The molecule has 0 saturated heterocycles. The molecule has 1 aliphatic carbocycles. The van der Waals surface area contributed by atoms with E-state index in [2.05, 4.69) is 10.3 Å². The van der Waals surface area contributed by atoms with E-state index in [0.29, 0.717) is 17.8 Å². The fraction of sp³-hybridized carbons (Fsp3) is 0.800. The van der Waals surface area contributed by atoms with Crippen LogP contribution in [0.25, 0.3) is 0 Å². The lowest BCUT2D eigenvalue weighted by molar-refractivity contribution is 0.0504. The van der Waals surface area contributed by atoms with Gasteiger partial charge in [0.2, 0.25) is 0 Å². The molecule has 1 saturated carbocycles. The van der Waals surface area contributed by atoms with Crippen molar-refractivity contribution in [3.05, 3.63) is 11.9 Å². The van der Waals surface area contributed by atoms with Gasteiger partial charge in [0.1, 0.15) is 5.69 Å². The summed E-state index contributed by atoms with van der Waals surface area (Å²) in [7, 11) is 1.76. The van der Waals surface area contributed by atoms with Gasteiger partial charge in [0.25, 0.3) is 0 Å². The van der Waals surface area contributed by atoms with Gasteiger partial charge in [-0.15, -0.1) is 5.10 Å². The van der Waals surface area contributed by atoms with Crippen molar-refractivity contribution in [3.8, 4) is 0 Å². The number of rotatable bonds is 3. The van der Waals surface area contributed by atoms with Gasteiger partial charge in [0, 0.05) is 7.11 Å². The number of hydrogen-bond donors (Lipinski definition) is 1. The van der Waals surface area contributed by atoms with Gasteiger partial charge in [-0.1, -0.05) is 5.21 Å². The van der Waals surface area contributed by atoms with E-state index in [4.69, 9.17) is 9.84 Å². The van der Waals surface area contributed by atoms with Crippen molar-refractivity contribution < 1.29 is 9.84 Å². The molecule has 2 rings (SSSR count). The highest BCUT2D eigenvalue weighted by atomic mass is 16.5. The fourth-order valence-electron chi connectivity index (χ4n) is 2.14. The lowest BCUT2D eigenvalue weighted by Crippen LogP contribution is -2.24. The molecule has 5 nitrogen and oxygen atoms in total. The molecular formula is C10H17N3O2. The van der Waals surface area contributed by atoms with E-state index in [-0.39, 0.29) is 6.61 Å². The van der Waals surface area contributed by atoms with Crippen LogP contribution in [0.2, 0.25) is 0 Å². The molecule has 0 aromatic carbocycles. The van der Waals surface area contributed by atoms with Crippen LogP contribution < -0.4 is 0 Å². The molecule has 0 aliphatic heterocycles. The average Bonchev–Trinajstić information content (AvgIpc) is 2.78. The van der Waals surface area contributed by atoms with Gasteiger partial charge in [-0.25, -0.2) is 4.68 Å². The molecule has 0 radical (unpaired) electrons. The van der Waals surface area contributed by atoms with Crippen molar-refractivity contribution in [2.75, 3.05) is 7.11 Å². The summed E-state index contributed by atoms with van der Waals surface area (Å²) in [6.45, 7) is -0.0412. The van der Waals surface area contributed by atoms with Crippen molar-refractivity contribution in [1.29, 1.82) is 0 Å². The monoisotopic (exact) mass is 211 g/mol. The minimum absolute atomic E-state index is 0.0412. The molecule has 84 valence electrons. The molecule has 1 aliphatic rings. The van der Waals surface area contributed by atoms with Crippen molar-refractivity contribution >= 4 is 0 Å². The quantitative estimate of drug-likeness (QED) is 0.807. The van der Waals surface area contributed by atoms with Crippen molar-refractivity contribution in [2.24, 2.45) is 0 Å². The third-order valence-electron chi connectivity index (χ3n) is 3.03. The second-order valence-electron chi connectivity index (χ2n) is 4.03. The molecular weight excluding hydrogens is 194 g/mol.